The number of amides is 1. The minimum absolute atomic E-state index is 0.0575. The number of phenolic OH excluding ortho intramolecular Hbond substituents is 1. The minimum atomic E-state index is -0.0575. The smallest absolute Gasteiger partial charge is 0.266 e. The molecule has 7 heteroatoms. The Morgan fingerprint density at radius 3 is 2.82 bits per heavy atom. The van der Waals surface area contributed by atoms with E-state index in [1.807, 2.05) is 42.5 Å². The Balaban J connectivity index is 2.33. The second-order valence-corrected chi connectivity index (χ2v) is 7.45. The van der Waals surface area contributed by atoms with Crippen molar-refractivity contribution in [1.82, 2.24) is 4.90 Å². The van der Waals surface area contributed by atoms with Crippen LogP contribution in [0.5, 0.6) is 11.5 Å². The molecular weight excluding hydrogens is 433 g/mol. The average Bonchev–Trinajstić information content (AvgIpc) is 2.72. The Labute approximate surface area is 153 Å². The third kappa shape index (κ3) is 3.75. The Hall–Kier alpha value is -0.800. The highest BCUT2D eigenvalue weighted by molar-refractivity contribution is 14.1. The summed E-state index contributed by atoms with van der Waals surface area (Å²) in [6.45, 7) is 4.97. The number of hydrogen-bond acceptors (Lipinski definition) is 5. The summed E-state index contributed by atoms with van der Waals surface area (Å²) in [6.07, 6.45) is 2.66. The normalized spacial score (nSPS) is 16.7. The van der Waals surface area contributed by atoms with Gasteiger partial charge in [-0.3, -0.25) is 9.69 Å². The summed E-state index contributed by atoms with van der Waals surface area (Å²) in [7, 11) is 0. The SMILES string of the molecule is CCCN1C(=O)C(=Cc2cc(I)c(O)c(OCC)c2)SC1=S. The van der Waals surface area contributed by atoms with Gasteiger partial charge in [-0.1, -0.05) is 30.9 Å². The maximum atomic E-state index is 12.3. The van der Waals surface area contributed by atoms with Crippen molar-refractivity contribution in [3.63, 3.8) is 0 Å². The lowest BCUT2D eigenvalue weighted by molar-refractivity contribution is -0.122. The molecule has 1 heterocycles. The van der Waals surface area contributed by atoms with Gasteiger partial charge in [0.05, 0.1) is 15.1 Å². The molecular formula is C15H16INO3S2. The molecule has 118 valence electrons. The van der Waals surface area contributed by atoms with Gasteiger partial charge >= 0.3 is 0 Å². The third-order valence-electron chi connectivity index (χ3n) is 2.97. The molecule has 22 heavy (non-hydrogen) atoms. The molecule has 1 aliphatic heterocycles. The molecule has 0 bridgehead atoms. The molecule has 1 fully saturated rings. The molecule has 0 unspecified atom stereocenters. The second-order valence-electron chi connectivity index (χ2n) is 4.62. The van der Waals surface area contributed by atoms with Crippen molar-refractivity contribution in [2.24, 2.45) is 0 Å². The van der Waals surface area contributed by atoms with E-state index in [2.05, 4.69) is 0 Å². The van der Waals surface area contributed by atoms with E-state index in [0.717, 1.165) is 12.0 Å². The van der Waals surface area contributed by atoms with Gasteiger partial charge in [0.25, 0.3) is 5.91 Å². The number of carbonyl (C=O) groups excluding carboxylic acids is 1. The van der Waals surface area contributed by atoms with Crippen molar-refractivity contribution < 1.29 is 14.6 Å². The van der Waals surface area contributed by atoms with E-state index in [0.29, 0.717) is 31.7 Å². The van der Waals surface area contributed by atoms with Crippen LogP contribution in [0.2, 0.25) is 0 Å². The first-order valence-corrected chi connectivity index (χ1v) is 9.19. The number of halogens is 1. The quantitative estimate of drug-likeness (QED) is 0.419. The van der Waals surface area contributed by atoms with Gasteiger partial charge in [-0.2, -0.15) is 0 Å². The largest absolute Gasteiger partial charge is 0.504 e. The van der Waals surface area contributed by atoms with E-state index in [4.69, 9.17) is 17.0 Å². The average molecular weight is 449 g/mol. The number of aromatic hydroxyl groups is 1. The zero-order chi connectivity index (χ0) is 16.3. The summed E-state index contributed by atoms with van der Waals surface area (Å²) >= 11 is 8.60. The van der Waals surface area contributed by atoms with E-state index in [1.54, 1.807) is 17.0 Å². The van der Waals surface area contributed by atoms with Crippen LogP contribution in [0.15, 0.2) is 17.0 Å². The molecule has 1 amide bonds. The third-order valence-corrected chi connectivity index (χ3v) is 5.17. The minimum Gasteiger partial charge on any atom is -0.504 e. The van der Waals surface area contributed by atoms with Crippen molar-refractivity contribution >= 4 is 62.9 Å². The van der Waals surface area contributed by atoms with Crippen molar-refractivity contribution in [3.05, 3.63) is 26.2 Å². The van der Waals surface area contributed by atoms with Crippen molar-refractivity contribution in [2.45, 2.75) is 20.3 Å². The highest BCUT2D eigenvalue weighted by Gasteiger charge is 2.31. The van der Waals surface area contributed by atoms with Crippen molar-refractivity contribution in [2.75, 3.05) is 13.2 Å². The number of thiocarbonyl (C=S) groups is 1. The summed E-state index contributed by atoms with van der Waals surface area (Å²) in [5, 5.41) is 9.97. The first kappa shape index (κ1) is 17.6. The number of benzene rings is 1. The van der Waals surface area contributed by atoms with Gasteiger partial charge in [0.15, 0.2) is 11.5 Å². The number of rotatable bonds is 5. The van der Waals surface area contributed by atoms with Crippen LogP contribution in [0.1, 0.15) is 25.8 Å². The summed E-state index contributed by atoms with van der Waals surface area (Å²) in [5.74, 6) is 0.487. The highest BCUT2D eigenvalue weighted by Crippen LogP contribution is 2.36. The number of thioether (sulfide) groups is 1. The topological polar surface area (TPSA) is 49.8 Å². The molecule has 1 N–H and O–H groups in total. The summed E-state index contributed by atoms with van der Waals surface area (Å²) < 4.78 is 6.69. The molecule has 1 saturated heterocycles. The zero-order valence-corrected chi connectivity index (χ0v) is 16.0. The van der Waals surface area contributed by atoms with E-state index in [1.165, 1.54) is 11.8 Å². The van der Waals surface area contributed by atoms with Gasteiger partial charge in [0.1, 0.15) is 4.32 Å². The lowest BCUT2D eigenvalue weighted by Gasteiger charge is -2.12. The number of hydrogen-bond donors (Lipinski definition) is 1. The van der Waals surface area contributed by atoms with E-state index >= 15 is 0 Å². The number of carbonyl (C=O) groups is 1. The molecule has 1 aromatic rings. The predicted octanol–water partition coefficient (Wildman–Crippen LogP) is 4.01. The number of ether oxygens (including phenoxy) is 1. The molecule has 0 spiro atoms. The van der Waals surface area contributed by atoms with Gasteiger partial charge in [0.2, 0.25) is 0 Å². The molecule has 0 aromatic heterocycles. The summed E-state index contributed by atoms with van der Waals surface area (Å²) in [6, 6.07) is 3.54. The van der Waals surface area contributed by atoms with Crippen LogP contribution in [-0.2, 0) is 4.79 Å². The summed E-state index contributed by atoms with van der Waals surface area (Å²) in [5.41, 5.74) is 0.808. The zero-order valence-electron chi connectivity index (χ0n) is 12.3. The van der Waals surface area contributed by atoms with Crippen LogP contribution in [0, 0.1) is 3.57 Å². The summed E-state index contributed by atoms with van der Waals surface area (Å²) in [4.78, 5) is 14.6. The van der Waals surface area contributed by atoms with Crippen LogP contribution >= 0.6 is 46.6 Å². The van der Waals surface area contributed by atoms with Gasteiger partial charge in [-0.25, -0.2) is 0 Å². The fourth-order valence-electron chi connectivity index (χ4n) is 2.01. The van der Waals surface area contributed by atoms with Gasteiger partial charge in [0, 0.05) is 6.54 Å². The molecule has 1 aromatic carbocycles. The molecule has 0 radical (unpaired) electrons. The van der Waals surface area contributed by atoms with Crippen LogP contribution in [0.3, 0.4) is 0 Å². The maximum absolute atomic E-state index is 12.3. The van der Waals surface area contributed by atoms with Crippen LogP contribution in [0.4, 0.5) is 0 Å². The molecule has 0 saturated carbocycles. The highest BCUT2D eigenvalue weighted by atomic mass is 127. The second kappa shape index (κ2) is 7.65. The van der Waals surface area contributed by atoms with E-state index < -0.39 is 0 Å². The first-order chi connectivity index (χ1) is 10.5. The Kier molecular flexibility index (Phi) is 6.10. The maximum Gasteiger partial charge on any atom is 0.266 e. The standard InChI is InChI=1S/C15H16INO3S2/c1-3-5-17-14(19)12(22-15(17)21)8-9-6-10(16)13(18)11(7-9)20-4-2/h6-8,18H,3-5H2,1-2H3. The Bertz CT molecular complexity index is 646. The fraction of sp³-hybridized carbons (Fsp3) is 0.333. The lowest BCUT2D eigenvalue weighted by atomic mass is 10.2. The van der Waals surface area contributed by atoms with Crippen LogP contribution < -0.4 is 4.74 Å². The van der Waals surface area contributed by atoms with Gasteiger partial charge in [-0.15, -0.1) is 0 Å². The van der Waals surface area contributed by atoms with Crippen molar-refractivity contribution in [1.29, 1.82) is 0 Å². The number of nitrogens with zero attached hydrogens (tertiary/aromatic N) is 1. The van der Waals surface area contributed by atoms with Gasteiger partial charge < -0.3 is 9.84 Å². The molecule has 0 aliphatic carbocycles. The van der Waals surface area contributed by atoms with E-state index in [9.17, 15) is 9.90 Å². The fourth-order valence-corrected chi connectivity index (χ4v) is 3.94. The Morgan fingerprint density at radius 2 is 2.18 bits per heavy atom. The lowest BCUT2D eigenvalue weighted by Crippen LogP contribution is -2.28. The number of phenols is 1. The molecule has 4 nitrogen and oxygen atoms in total. The predicted molar refractivity (Wildman–Crippen MR) is 102 cm³/mol. The van der Waals surface area contributed by atoms with Gasteiger partial charge in [-0.05, 0) is 59.7 Å². The molecule has 1 aliphatic rings. The van der Waals surface area contributed by atoms with E-state index in [-0.39, 0.29) is 11.7 Å². The van der Waals surface area contributed by atoms with Crippen LogP contribution in [0.25, 0.3) is 6.08 Å². The Morgan fingerprint density at radius 1 is 1.45 bits per heavy atom. The monoisotopic (exact) mass is 449 g/mol. The van der Waals surface area contributed by atoms with Crippen LogP contribution in [-0.4, -0.2) is 33.4 Å². The molecule has 2 rings (SSSR count). The van der Waals surface area contributed by atoms with Crippen molar-refractivity contribution in [3.8, 4) is 11.5 Å². The first-order valence-electron chi connectivity index (χ1n) is 6.88. The molecule has 0 atom stereocenters.